The van der Waals surface area contributed by atoms with Crippen molar-refractivity contribution in [2.45, 2.75) is 30.2 Å². The van der Waals surface area contributed by atoms with Crippen LogP contribution in [0.25, 0.3) is 0 Å². The molecule has 0 heterocycles. The van der Waals surface area contributed by atoms with Crippen LogP contribution in [0.4, 0.5) is 5.69 Å². The highest BCUT2D eigenvalue weighted by Crippen LogP contribution is 2.25. The lowest BCUT2D eigenvalue weighted by atomic mass is 10.3. The fraction of sp³-hybridized carbons (Fsp3) is 0.500. The molecule has 0 spiro atoms. The Labute approximate surface area is 108 Å². The standard InChI is InChI=1S/C12H19N3O2S/c13-8-3-9-14-11-4-1-2-5-12(11)18(16,17)15-10-6-7-10/h1-2,4-5,10,14-15H,3,6-9,13H2. The van der Waals surface area contributed by atoms with E-state index in [-0.39, 0.29) is 6.04 Å². The fourth-order valence-corrected chi connectivity index (χ4v) is 3.15. The third-order valence-electron chi connectivity index (χ3n) is 2.77. The van der Waals surface area contributed by atoms with Gasteiger partial charge in [-0.1, -0.05) is 12.1 Å². The first-order valence-electron chi connectivity index (χ1n) is 6.19. The van der Waals surface area contributed by atoms with E-state index in [1.807, 2.05) is 6.07 Å². The Morgan fingerprint density at radius 3 is 2.67 bits per heavy atom. The highest BCUT2D eigenvalue weighted by molar-refractivity contribution is 7.89. The molecule has 1 aliphatic rings. The maximum Gasteiger partial charge on any atom is 0.242 e. The Balaban J connectivity index is 2.15. The van der Waals surface area contributed by atoms with Gasteiger partial charge in [-0.25, -0.2) is 13.1 Å². The largest absolute Gasteiger partial charge is 0.384 e. The van der Waals surface area contributed by atoms with Gasteiger partial charge in [-0.15, -0.1) is 0 Å². The van der Waals surface area contributed by atoms with Gasteiger partial charge in [0.15, 0.2) is 0 Å². The molecule has 1 fully saturated rings. The molecule has 0 aliphatic heterocycles. The summed E-state index contributed by atoms with van der Waals surface area (Å²) in [5.74, 6) is 0. The first kappa shape index (κ1) is 13.3. The van der Waals surface area contributed by atoms with Gasteiger partial charge in [0.05, 0.1) is 5.69 Å². The Kier molecular flexibility index (Phi) is 4.21. The molecule has 18 heavy (non-hydrogen) atoms. The molecule has 1 aromatic carbocycles. The number of hydrogen-bond donors (Lipinski definition) is 3. The Bertz CT molecular complexity index is 498. The molecule has 0 saturated heterocycles. The normalized spacial score (nSPS) is 15.6. The lowest BCUT2D eigenvalue weighted by Gasteiger charge is -2.12. The topological polar surface area (TPSA) is 84.2 Å². The lowest BCUT2D eigenvalue weighted by Crippen LogP contribution is -2.26. The minimum atomic E-state index is -3.41. The monoisotopic (exact) mass is 269 g/mol. The van der Waals surface area contributed by atoms with Gasteiger partial charge in [-0.3, -0.25) is 0 Å². The molecular weight excluding hydrogens is 250 g/mol. The highest BCUT2D eigenvalue weighted by Gasteiger charge is 2.29. The van der Waals surface area contributed by atoms with E-state index in [4.69, 9.17) is 5.73 Å². The van der Waals surface area contributed by atoms with Gasteiger partial charge in [-0.2, -0.15) is 0 Å². The smallest absolute Gasteiger partial charge is 0.242 e. The zero-order chi connectivity index (χ0) is 13.0. The molecule has 0 radical (unpaired) electrons. The number of sulfonamides is 1. The van der Waals surface area contributed by atoms with Crippen LogP contribution in [0.1, 0.15) is 19.3 Å². The van der Waals surface area contributed by atoms with Crippen molar-refractivity contribution >= 4 is 15.7 Å². The molecular formula is C12H19N3O2S. The Morgan fingerprint density at radius 1 is 1.28 bits per heavy atom. The van der Waals surface area contributed by atoms with Gasteiger partial charge in [0.2, 0.25) is 10.0 Å². The zero-order valence-corrected chi connectivity index (χ0v) is 11.0. The van der Waals surface area contributed by atoms with Crippen molar-refractivity contribution in [1.29, 1.82) is 0 Å². The molecule has 0 aromatic heterocycles. The molecule has 2 rings (SSSR count). The molecule has 0 atom stereocenters. The van der Waals surface area contributed by atoms with Crippen LogP contribution in [0, 0.1) is 0 Å². The molecule has 1 aliphatic carbocycles. The van der Waals surface area contributed by atoms with E-state index in [1.165, 1.54) is 0 Å². The molecule has 100 valence electrons. The van der Waals surface area contributed by atoms with Gasteiger partial charge < -0.3 is 11.1 Å². The van der Waals surface area contributed by atoms with Gasteiger partial charge in [-0.05, 0) is 37.9 Å². The van der Waals surface area contributed by atoms with Crippen LogP contribution < -0.4 is 15.8 Å². The summed E-state index contributed by atoms with van der Waals surface area (Å²) in [6.45, 7) is 1.26. The van der Waals surface area contributed by atoms with Crippen LogP contribution in [0.5, 0.6) is 0 Å². The van der Waals surface area contributed by atoms with Gasteiger partial charge in [0.1, 0.15) is 4.90 Å². The lowest BCUT2D eigenvalue weighted by molar-refractivity contribution is 0.581. The summed E-state index contributed by atoms with van der Waals surface area (Å²) >= 11 is 0. The van der Waals surface area contributed by atoms with Crippen molar-refractivity contribution in [2.75, 3.05) is 18.4 Å². The fourth-order valence-electron chi connectivity index (χ4n) is 1.66. The Hall–Kier alpha value is -1.11. The van der Waals surface area contributed by atoms with Crippen molar-refractivity contribution in [2.24, 2.45) is 5.73 Å². The predicted octanol–water partition coefficient (Wildman–Crippen LogP) is 0.888. The van der Waals surface area contributed by atoms with Crippen LogP contribution in [0.3, 0.4) is 0 Å². The summed E-state index contributed by atoms with van der Waals surface area (Å²) in [4.78, 5) is 0.314. The molecule has 0 unspecified atom stereocenters. The minimum absolute atomic E-state index is 0.118. The average Bonchev–Trinajstić information content (AvgIpc) is 3.13. The van der Waals surface area contributed by atoms with E-state index in [2.05, 4.69) is 10.0 Å². The van der Waals surface area contributed by atoms with Crippen LogP contribution in [-0.4, -0.2) is 27.5 Å². The summed E-state index contributed by atoms with van der Waals surface area (Å²) in [6, 6.07) is 7.07. The number of para-hydroxylation sites is 1. The Morgan fingerprint density at radius 2 is 2.00 bits per heavy atom. The van der Waals surface area contributed by atoms with E-state index >= 15 is 0 Å². The summed E-state index contributed by atoms with van der Waals surface area (Å²) in [5.41, 5.74) is 6.06. The average molecular weight is 269 g/mol. The maximum absolute atomic E-state index is 12.2. The second kappa shape index (κ2) is 5.69. The summed E-state index contributed by atoms with van der Waals surface area (Å²) in [5, 5.41) is 3.11. The number of anilines is 1. The second-order valence-electron chi connectivity index (χ2n) is 4.46. The van der Waals surface area contributed by atoms with Crippen molar-refractivity contribution in [3.63, 3.8) is 0 Å². The summed E-state index contributed by atoms with van der Waals surface area (Å²) < 4.78 is 27.0. The minimum Gasteiger partial charge on any atom is -0.384 e. The highest BCUT2D eigenvalue weighted by atomic mass is 32.2. The SMILES string of the molecule is NCCCNc1ccccc1S(=O)(=O)NC1CC1. The third kappa shape index (κ3) is 3.44. The molecule has 0 bridgehead atoms. The number of nitrogens with one attached hydrogen (secondary N) is 2. The quantitative estimate of drug-likeness (QED) is 0.642. The third-order valence-corrected chi connectivity index (χ3v) is 4.35. The number of rotatable bonds is 7. The van der Waals surface area contributed by atoms with Crippen LogP contribution >= 0.6 is 0 Å². The first-order valence-corrected chi connectivity index (χ1v) is 7.67. The van der Waals surface area contributed by atoms with Crippen LogP contribution in [-0.2, 0) is 10.0 Å². The van der Waals surface area contributed by atoms with E-state index in [0.29, 0.717) is 23.7 Å². The van der Waals surface area contributed by atoms with E-state index in [0.717, 1.165) is 19.3 Å². The molecule has 1 saturated carbocycles. The second-order valence-corrected chi connectivity index (χ2v) is 6.14. The van der Waals surface area contributed by atoms with Gasteiger partial charge in [0.25, 0.3) is 0 Å². The molecule has 6 heteroatoms. The van der Waals surface area contributed by atoms with Crippen molar-refractivity contribution in [1.82, 2.24) is 4.72 Å². The summed E-state index contributed by atoms with van der Waals surface area (Å²) in [7, 11) is -3.41. The number of benzene rings is 1. The van der Waals surface area contributed by atoms with E-state index < -0.39 is 10.0 Å². The van der Waals surface area contributed by atoms with Gasteiger partial charge >= 0.3 is 0 Å². The maximum atomic E-state index is 12.2. The summed E-state index contributed by atoms with van der Waals surface area (Å²) in [6.07, 6.45) is 2.68. The van der Waals surface area contributed by atoms with Crippen molar-refractivity contribution < 1.29 is 8.42 Å². The number of hydrogen-bond acceptors (Lipinski definition) is 4. The van der Waals surface area contributed by atoms with Crippen molar-refractivity contribution in [3.05, 3.63) is 24.3 Å². The van der Waals surface area contributed by atoms with E-state index in [1.54, 1.807) is 18.2 Å². The predicted molar refractivity (Wildman–Crippen MR) is 71.9 cm³/mol. The van der Waals surface area contributed by atoms with Crippen LogP contribution in [0.15, 0.2) is 29.2 Å². The molecule has 1 aromatic rings. The molecule has 5 nitrogen and oxygen atoms in total. The van der Waals surface area contributed by atoms with Crippen molar-refractivity contribution in [3.8, 4) is 0 Å². The first-order chi connectivity index (χ1) is 8.63. The zero-order valence-electron chi connectivity index (χ0n) is 10.2. The molecule has 0 amide bonds. The van der Waals surface area contributed by atoms with E-state index in [9.17, 15) is 8.42 Å². The van der Waals surface area contributed by atoms with Gasteiger partial charge in [0, 0.05) is 12.6 Å². The number of nitrogens with two attached hydrogens (primary N) is 1. The van der Waals surface area contributed by atoms with Crippen LogP contribution in [0.2, 0.25) is 0 Å². The molecule has 4 N–H and O–H groups in total.